The number of nitrogens with two attached hydrogens (primary N) is 1. The quantitative estimate of drug-likeness (QED) is 0.908. The van der Waals surface area contributed by atoms with Gasteiger partial charge in [0.1, 0.15) is 17.4 Å². The zero-order valence-electron chi connectivity index (χ0n) is 9.05. The average Bonchev–Trinajstić information content (AvgIpc) is 2.28. The first kappa shape index (κ1) is 12.5. The summed E-state index contributed by atoms with van der Waals surface area (Å²) in [7, 11) is 0. The number of ether oxygens (including phenoxy) is 1. The molecular formula is C12H12BrF2NO. The van der Waals surface area contributed by atoms with Crippen molar-refractivity contribution in [2.24, 2.45) is 5.73 Å². The van der Waals surface area contributed by atoms with Gasteiger partial charge in [0.2, 0.25) is 0 Å². The Labute approximate surface area is 107 Å². The number of rotatable bonds is 2. The predicted octanol–water partition coefficient (Wildman–Crippen LogP) is 3.42. The molecule has 0 aromatic heterocycles. The first-order valence-corrected chi connectivity index (χ1v) is 6.12. The van der Waals surface area contributed by atoms with Gasteiger partial charge in [-0.2, -0.15) is 0 Å². The lowest BCUT2D eigenvalue weighted by Gasteiger charge is -2.21. The van der Waals surface area contributed by atoms with Gasteiger partial charge < -0.3 is 10.5 Å². The topological polar surface area (TPSA) is 35.2 Å². The average molecular weight is 304 g/mol. The van der Waals surface area contributed by atoms with Crippen molar-refractivity contribution in [3.8, 4) is 0 Å². The molecule has 5 heteroatoms. The summed E-state index contributed by atoms with van der Waals surface area (Å²) in [5.41, 5.74) is 5.68. The SMILES string of the molecule is NC(C1=CCCCO1)c1c(F)cc(Br)cc1F. The van der Waals surface area contributed by atoms with E-state index in [-0.39, 0.29) is 5.56 Å². The molecule has 0 amide bonds. The molecule has 92 valence electrons. The molecule has 1 aromatic carbocycles. The molecule has 17 heavy (non-hydrogen) atoms. The van der Waals surface area contributed by atoms with Crippen LogP contribution < -0.4 is 5.73 Å². The molecule has 1 heterocycles. The van der Waals surface area contributed by atoms with Crippen molar-refractivity contribution in [2.75, 3.05) is 6.61 Å². The molecule has 0 spiro atoms. The first-order valence-electron chi connectivity index (χ1n) is 5.32. The van der Waals surface area contributed by atoms with Gasteiger partial charge in [-0.1, -0.05) is 15.9 Å². The largest absolute Gasteiger partial charge is 0.496 e. The van der Waals surface area contributed by atoms with Crippen LogP contribution in [0.3, 0.4) is 0 Å². The third-order valence-corrected chi connectivity index (χ3v) is 3.08. The monoisotopic (exact) mass is 303 g/mol. The van der Waals surface area contributed by atoms with Crippen molar-refractivity contribution < 1.29 is 13.5 Å². The number of halogens is 3. The molecule has 2 nitrogen and oxygen atoms in total. The van der Waals surface area contributed by atoms with Gasteiger partial charge in [-0.25, -0.2) is 8.78 Å². The van der Waals surface area contributed by atoms with E-state index in [1.807, 2.05) is 0 Å². The van der Waals surface area contributed by atoms with Crippen LogP contribution in [0.4, 0.5) is 8.78 Å². The lowest BCUT2D eigenvalue weighted by molar-refractivity contribution is 0.174. The van der Waals surface area contributed by atoms with Crippen molar-refractivity contribution in [1.29, 1.82) is 0 Å². The fourth-order valence-electron chi connectivity index (χ4n) is 1.79. The molecule has 1 aliphatic rings. The summed E-state index contributed by atoms with van der Waals surface area (Å²) in [6.45, 7) is 0.541. The van der Waals surface area contributed by atoms with E-state index < -0.39 is 17.7 Å². The van der Waals surface area contributed by atoms with E-state index in [1.165, 1.54) is 12.1 Å². The molecule has 1 aromatic rings. The van der Waals surface area contributed by atoms with Crippen LogP contribution in [-0.2, 0) is 4.74 Å². The van der Waals surface area contributed by atoms with Gasteiger partial charge in [0.15, 0.2) is 0 Å². The van der Waals surface area contributed by atoms with Crippen LogP contribution in [0.2, 0.25) is 0 Å². The molecule has 1 aliphatic heterocycles. The van der Waals surface area contributed by atoms with Crippen LogP contribution in [0, 0.1) is 11.6 Å². The minimum atomic E-state index is -0.886. The first-order chi connectivity index (χ1) is 8.09. The molecule has 0 fully saturated rings. The van der Waals surface area contributed by atoms with E-state index in [0.717, 1.165) is 12.8 Å². The molecule has 0 saturated heterocycles. The van der Waals surface area contributed by atoms with Crippen molar-refractivity contribution in [1.82, 2.24) is 0 Å². The second kappa shape index (κ2) is 5.14. The smallest absolute Gasteiger partial charge is 0.132 e. The molecule has 0 radical (unpaired) electrons. The van der Waals surface area contributed by atoms with E-state index in [4.69, 9.17) is 10.5 Å². The summed E-state index contributed by atoms with van der Waals surface area (Å²) in [6.07, 6.45) is 3.51. The van der Waals surface area contributed by atoms with Gasteiger partial charge in [0, 0.05) is 10.0 Å². The van der Waals surface area contributed by atoms with Crippen molar-refractivity contribution >= 4 is 15.9 Å². The van der Waals surface area contributed by atoms with Crippen LogP contribution in [0.5, 0.6) is 0 Å². The maximum Gasteiger partial charge on any atom is 0.132 e. The fourth-order valence-corrected chi connectivity index (χ4v) is 2.19. The van der Waals surface area contributed by atoms with Crippen LogP contribution >= 0.6 is 15.9 Å². The maximum absolute atomic E-state index is 13.7. The van der Waals surface area contributed by atoms with Crippen LogP contribution in [0.1, 0.15) is 24.4 Å². The minimum Gasteiger partial charge on any atom is -0.496 e. The van der Waals surface area contributed by atoms with E-state index >= 15 is 0 Å². The van der Waals surface area contributed by atoms with Gasteiger partial charge in [0.05, 0.1) is 12.6 Å². The van der Waals surface area contributed by atoms with Crippen LogP contribution in [0.25, 0.3) is 0 Å². The van der Waals surface area contributed by atoms with Gasteiger partial charge in [-0.05, 0) is 31.1 Å². The Morgan fingerprint density at radius 2 is 1.94 bits per heavy atom. The Morgan fingerprint density at radius 1 is 1.29 bits per heavy atom. The molecule has 0 bridgehead atoms. The summed E-state index contributed by atoms with van der Waals surface area (Å²) in [5, 5.41) is 0. The highest BCUT2D eigenvalue weighted by molar-refractivity contribution is 9.10. The zero-order valence-corrected chi connectivity index (χ0v) is 10.6. The van der Waals surface area contributed by atoms with Crippen LogP contribution in [0.15, 0.2) is 28.4 Å². The van der Waals surface area contributed by atoms with Gasteiger partial charge in [-0.3, -0.25) is 0 Å². The van der Waals surface area contributed by atoms with E-state index in [2.05, 4.69) is 15.9 Å². The number of allylic oxidation sites excluding steroid dienone is 1. The Bertz CT molecular complexity index is 439. The van der Waals surface area contributed by atoms with E-state index in [1.54, 1.807) is 6.08 Å². The second-order valence-electron chi connectivity index (χ2n) is 3.86. The molecular weight excluding hydrogens is 292 g/mol. The lowest BCUT2D eigenvalue weighted by atomic mass is 10.0. The number of hydrogen-bond donors (Lipinski definition) is 1. The second-order valence-corrected chi connectivity index (χ2v) is 4.77. The third-order valence-electron chi connectivity index (χ3n) is 2.62. The summed E-state index contributed by atoms with van der Waals surface area (Å²) < 4.78 is 33.0. The lowest BCUT2D eigenvalue weighted by Crippen LogP contribution is -2.20. The minimum absolute atomic E-state index is 0.152. The fraction of sp³-hybridized carbons (Fsp3) is 0.333. The Balaban J connectivity index is 2.36. The van der Waals surface area contributed by atoms with Crippen molar-refractivity contribution in [3.05, 3.63) is 45.6 Å². The molecule has 1 atom stereocenters. The van der Waals surface area contributed by atoms with Crippen molar-refractivity contribution in [2.45, 2.75) is 18.9 Å². The van der Waals surface area contributed by atoms with Gasteiger partial charge in [-0.15, -0.1) is 0 Å². The Kier molecular flexibility index (Phi) is 3.79. The highest BCUT2D eigenvalue weighted by Crippen LogP contribution is 2.29. The summed E-state index contributed by atoms with van der Waals surface area (Å²) in [4.78, 5) is 0. The normalized spacial score (nSPS) is 17.3. The molecule has 0 aliphatic carbocycles. The zero-order chi connectivity index (χ0) is 12.4. The van der Waals surface area contributed by atoms with E-state index in [9.17, 15) is 8.78 Å². The number of benzene rings is 1. The highest BCUT2D eigenvalue weighted by atomic mass is 79.9. The highest BCUT2D eigenvalue weighted by Gasteiger charge is 2.23. The number of hydrogen-bond acceptors (Lipinski definition) is 2. The standard InChI is InChI=1S/C12H12BrF2NO/c13-7-5-8(14)11(9(15)6-7)12(16)10-3-1-2-4-17-10/h3,5-6,12H,1-2,4,16H2. The molecule has 0 saturated carbocycles. The predicted molar refractivity (Wildman–Crippen MR) is 64.3 cm³/mol. The summed E-state index contributed by atoms with van der Waals surface area (Å²) >= 11 is 3.03. The van der Waals surface area contributed by atoms with Gasteiger partial charge >= 0.3 is 0 Å². The molecule has 2 N–H and O–H groups in total. The van der Waals surface area contributed by atoms with Crippen molar-refractivity contribution in [3.63, 3.8) is 0 Å². The third kappa shape index (κ3) is 2.66. The Hall–Kier alpha value is -0.940. The summed E-state index contributed by atoms with van der Waals surface area (Å²) in [6, 6.07) is 1.51. The van der Waals surface area contributed by atoms with Gasteiger partial charge in [0.25, 0.3) is 0 Å². The Morgan fingerprint density at radius 3 is 2.47 bits per heavy atom. The molecule has 1 unspecified atom stereocenters. The summed E-state index contributed by atoms with van der Waals surface area (Å²) in [5.74, 6) is -0.893. The van der Waals surface area contributed by atoms with Crippen LogP contribution in [-0.4, -0.2) is 6.61 Å². The maximum atomic E-state index is 13.7. The van der Waals surface area contributed by atoms with E-state index in [0.29, 0.717) is 16.8 Å². The molecule has 2 rings (SSSR count).